The number of rotatable bonds is 4. The van der Waals surface area contributed by atoms with Gasteiger partial charge in [-0.25, -0.2) is 0 Å². The quantitative estimate of drug-likeness (QED) is 0.606. The predicted molar refractivity (Wildman–Crippen MR) is 67.5 cm³/mol. The van der Waals surface area contributed by atoms with E-state index in [1.54, 1.807) is 26.1 Å². The van der Waals surface area contributed by atoms with Crippen LogP contribution >= 0.6 is 0 Å². The van der Waals surface area contributed by atoms with Gasteiger partial charge in [0.05, 0.1) is 18.9 Å². The Morgan fingerprint density at radius 1 is 1.26 bits per heavy atom. The van der Waals surface area contributed by atoms with Crippen molar-refractivity contribution in [2.45, 2.75) is 32.1 Å². The number of nitrogens with zero attached hydrogens (tertiary/aromatic N) is 1. The minimum absolute atomic E-state index is 0.224. The second kappa shape index (κ2) is 5.38. The van der Waals surface area contributed by atoms with Crippen molar-refractivity contribution in [3.63, 3.8) is 0 Å². The SMILES string of the molecule is CCOC(=O)C1(C(=O)OCC)CCc2cccnc21. The maximum absolute atomic E-state index is 12.3. The molecule has 1 aromatic heterocycles. The molecule has 0 amide bonds. The highest BCUT2D eigenvalue weighted by Gasteiger charge is 2.55. The molecule has 0 unspecified atom stereocenters. The fraction of sp³-hybridized carbons (Fsp3) is 0.500. The number of hydrogen-bond acceptors (Lipinski definition) is 5. The predicted octanol–water partition coefficient (Wildman–Crippen LogP) is 1.39. The van der Waals surface area contributed by atoms with Gasteiger partial charge in [0.15, 0.2) is 0 Å². The zero-order valence-electron chi connectivity index (χ0n) is 11.1. The van der Waals surface area contributed by atoms with Crippen molar-refractivity contribution in [1.29, 1.82) is 0 Å². The van der Waals surface area contributed by atoms with Gasteiger partial charge in [-0.2, -0.15) is 0 Å². The highest BCUT2D eigenvalue weighted by atomic mass is 16.6. The lowest BCUT2D eigenvalue weighted by atomic mass is 9.85. The Kier molecular flexibility index (Phi) is 3.83. The van der Waals surface area contributed by atoms with Crippen LogP contribution in [0, 0.1) is 0 Å². The van der Waals surface area contributed by atoms with Crippen LogP contribution in [0.5, 0.6) is 0 Å². The number of carbonyl (C=O) groups is 2. The maximum Gasteiger partial charge on any atom is 0.329 e. The van der Waals surface area contributed by atoms with Gasteiger partial charge in [-0.1, -0.05) is 6.07 Å². The third-order valence-corrected chi connectivity index (χ3v) is 3.31. The molecule has 2 rings (SSSR count). The normalized spacial score (nSPS) is 15.7. The summed E-state index contributed by atoms with van der Waals surface area (Å²) in [7, 11) is 0. The van der Waals surface area contributed by atoms with E-state index in [0.717, 1.165) is 5.56 Å². The molecule has 0 saturated carbocycles. The first-order valence-electron chi connectivity index (χ1n) is 6.45. The molecule has 5 heteroatoms. The van der Waals surface area contributed by atoms with Gasteiger partial charge in [-0.05, 0) is 38.3 Å². The molecule has 0 fully saturated rings. The lowest BCUT2D eigenvalue weighted by Crippen LogP contribution is -2.45. The van der Waals surface area contributed by atoms with Crippen molar-refractivity contribution in [1.82, 2.24) is 4.98 Å². The van der Waals surface area contributed by atoms with E-state index in [0.29, 0.717) is 18.5 Å². The fourth-order valence-electron chi connectivity index (χ4n) is 2.45. The van der Waals surface area contributed by atoms with Crippen molar-refractivity contribution in [2.75, 3.05) is 13.2 Å². The third-order valence-electron chi connectivity index (χ3n) is 3.31. The molecule has 0 saturated heterocycles. The highest BCUT2D eigenvalue weighted by Crippen LogP contribution is 2.39. The van der Waals surface area contributed by atoms with Crippen LogP contribution in [0.4, 0.5) is 0 Å². The van der Waals surface area contributed by atoms with Crippen molar-refractivity contribution >= 4 is 11.9 Å². The Morgan fingerprint density at radius 2 is 1.89 bits per heavy atom. The Labute approximate surface area is 111 Å². The lowest BCUT2D eigenvalue weighted by Gasteiger charge is -2.24. The van der Waals surface area contributed by atoms with E-state index in [1.165, 1.54) is 0 Å². The third kappa shape index (κ3) is 2.09. The van der Waals surface area contributed by atoms with E-state index in [2.05, 4.69) is 4.98 Å². The molecule has 0 aromatic carbocycles. The molecule has 0 N–H and O–H groups in total. The summed E-state index contributed by atoms with van der Waals surface area (Å²) < 4.78 is 10.1. The van der Waals surface area contributed by atoms with Crippen LogP contribution in [-0.2, 0) is 30.9 Å². The maximum atomic E-state index is 12.3. The number of ether oxygens (including phenoxy) is 2. The van der Waals surface area contributed by atoms with E-state index in [9.17, 15) is 9.59 Å². The zero-order valence-corrected chi connectivity index (χ0v) is 11.1. The minimum atomic E-state index is -1.39. The summed E-state index contributed by atoms with van der Waals surface area (Å²) in [6, 6.07) is 3.67. The topological polar surface area (TPSA) is 65.5 Å². The van der Waals surface area contributed by atoms with Crippen LogP contribution in [-0.4, -0.2) is 30.1 Å². The molecule has 1 aromatic rings. The molecule has 1 heterocycles. The average Bonchev–Trinajstić information content (AvgIpc) is 2.80. The molecule has 0 bridgehead atoms. The summed E-state index contributed by atoms with van der Waals surface area (Å²) in [5.74, 6) is -1.13. The van der Waals surface area contributed by atoms with Gasteiger partial charge in [0, 0.05) is 6.20 Å². The van der Waals surface area contributed by atoms with Crippen LogP contribution in [0.2, 0.25) is 0 Å². The molecule has 0 spiro atoms. The van der Waals surface area contributed by atoms with Gasteiger partial charge in [0.2, 0.25) is 5.41 Å². The Balaban J connectivity index is 2.48. The minimum Gasteiger partial charge on any atom is -0.465 e. The largest absolute Gasteiger partial charge is 0.465 e. The summed E-state index contributed by atoms with van der Waals surface area (Å²) in [6.45, 7) is 3.88. The van der Waals surface area contributed by atoms with Gasteiger partial charge in [-0.3, -0.25) is 14.6 Å². The fourth-order valence-corrected chi connectivity index (χ4v) is 2.45. The van der Waals surface area contributed by atoms with Crippen LogP contribution in [0.1, 0.15) is 31.5 Å². The Hall–Kier alpha value is -1.91. The van der Waals surface area contributed by atoms with Crippen molar-refractivity contribution in [3.8, 4) is 0 Å². The average molecular weight is 263 g/mol. The number of aromatic nitrogens is 1. The first kappa shape index (κ1) is 13.5. The molecule has 5 nitrogen and oxygen atoms in total. The molecule has 0 atom stereocenters. The van der Waals surface area contributed by atoms with E-state index >= 15 is 0 Å². The first-order valence-corrected chi connectivity index (χ1v) is 6.45. The monoisotopic (exact) mass is 263 g/mol. The summed E-state index contributed by atoms with van der Waals surface area (Å²) in [5.41, 5.74) is -0.00157. The standard InChI is InChI=1S/C14H17NO4/c1-3-18-12(16)14(13(17)19-4-2)8-7-10-6-5-9-15-11(10)14/h5-6,9H,3-4,7-8H2,1-2H3. The highest BCUT2D eigenvalue weighted by molar-refractivity contribution is 6.07. The zero-order chi connectivity index (χ0) is 13.9. The van der Waals surface area contributed by atoms with Gasteiger partial charge < -0.3 is 9.47 Å². The van der Waals surface area contributed by atoms with Crippen molar-refractivity contribution in [2.24, 2.45) is 0 Å². The van der Waals surface area contributed by atoms with Crippen molar-refractivity contribution < 1.29 is 19.1 Å². The van der Waals surface area contributed by atoms with Crippen LogP contribution < -0.4 is 0 Å². The second-order valence-electron chi connectivity index (χ2n) is 4.36. The van der Waals surface area contributed by atoms with E-state index in [-0.39, 0.29) is 13.2 Å². The molecule has 1 aliphatic carbocycles. The summed E-state index contributed by atoms with van der Waals surface area (Å²) in [5, 5.41) is 0. The number of fused-ring (bicyclic) bond motifs is 1. The number of carbonyl (C=O) groups excluding carboxylic acids is 2. The first-order chi connectivity index (χ1) is 9.16. The van der Waals surface area contributed by atoms with Gasteiger partial charge in [-0.15, -0.1) is 0 Å². The number of aryl methyl sites for hydroxylation is 1. The van der Waals surface area contributed by atoms with Crippen LogP contribution in [0.3, 0.4) is 0 Å². The smallest absolute Gasteiger partial charge is 0.329 e. The molecule has 102 valence electrons. The number of esters is 2. The molecule has 1 aliphatic rings. The molecular formula is C14H17NO4. The van der Waals surface area contributed by atoms with Crippen molar-refractivity contribution in [3.05, 3.63) is 29.6 Å². The lowest BCUT2D eigenvalue weighted by molar-refractivity contribution is -0.165. The van der Waals surface area contributed by atoms with E-state index in [4.69, 9.17) is 9.47 Å². The van der Waals surface area contributed by atoms with Gasteiger partial charge in [0.1, 0.15) is 0 Å². The van der Waals surface area contributed by atoms with E-state index in [1.807, 2.05) is 6.07 Å². The molecular weight excluding hydrogens is 246 g/mol. The molecule has 0 radical (unpaired) electrons. The molecule has 19 heavy (non-hydrogen) atoms. The Bertz CT molecular complexity index is 480. The summed E-state index contributed by atoms with van der Waals surface area (Å²) in [6.07, 6.45) is 2.56. The summed E-state index contributed by atoms with van der Waals surface area (Å²) in [4.78, 5) is 28.8. The second-order valence-corrected chi connectivity index (χ2v) is 4.36. The van der Waals surface area contributed by atoms with Gasteiger partial charge in [0.25, 0.3) is 0 Å². The van der Waals surface area contributed by atoms with Crippen LogP contribution in [0.15, 0.2) is 18.3 Å². The molecule has 0 aliphatic heterocycles. The summed E-state index contributed by atoms with van der Waals surface area (Å²) >= 11 is 0. The van der Waals surface area contributed by atoms with E-state index < -0.39 is 17.4 Å². The van der Waals surface area contributed by atoms with Crippen LogP contribution in [0.25, 0.3) is 0 Å². The van der Waals surface area contributed by atoms with Gasteiger partial charge >= 0.3 is 11.9 Å². The Morgan fingerprint density at radius 3 is 2.47 bits per heavy atom. The number of hydrogen-bond donors (Lipinski definition) is 0. The number of pyridine rings is 1.